The smallest absolute Gasteiger partial charge is 0.253 e. The van der Waals surface area contributed by atoms with Crippen LogP contribution in [0.4, 0.5) is 20.2 Å². The summed E-state index contributed by atoms with van der Waals surface area (Å²) in [6.07, 6.45) is 5.23. The van der Waals surface area contributed by atoms with Gasteiger partial charge in [-0.15, -0.1) is 10.2 Å². The Kier molecular flexibility index (Phi) is 7.32. The van der Waals surface area contributed by atoms with Gasteiger partial charge in [0.2, 0.25) is 10.9 Å². The number of anilines is 2. The Morgan fingerprint density at radius 3 is 1.94 bits per heavy atom. The van der Waals surface area contributed by atoms with Crippen molar-refractivity contribution in [2.24, 2.45) is 0 Å². The van der Waals surface area contributed by atoms with E-state index in [1.807, 2.05) is 32.9 Å². The topological polar surface area (TPSA) is 105 Å². The monoisotopic (exact) mass is 642 g/mol. The molecule has 5 heterocycles. The van der Waals surface area contributed by atoms with Crippen molar-refractivity contribution in [1.29, 1.82) is 0 Å². The SMILES string of the molecule is CCn1cc(-c2nnc(-c3cn(C4CC4)c4cc(N5CCN(C)CC5)c(F)cc4c3=O)o2)c(=O)c2cc(F)c(N3CCNCC3)cc21. The number of aryl methyl sites for hydroxylation is 1. The van der Waals surface area contributed by atoms with E-state index in [-0.39, 0.29) is 39.7 Å². The zero-order valence-electron chi connectivity index (χ0n) is 26.4. The number of nitrogens with zero attached hydrogens (tertiary/aromatic N) is 7. The number of aromatic nitrogens is 4. The van der Waals surface area contributed by atoms with Crippen LogP contribution in [-0.4, -0.2) is 83.6 Å². The van der Waals surface area contributed by atoms with Crippen LogP contribution < -0.4 is 26.0 Å². The summed E-state index contributed by atoms with van der Waals surface area (Å²) >= 11 is 0. The van der Waals surface area contributed by atoms with Gasteiger partial charge in [-0.25, -0.2) is 8.78 Å². The Bertz CT molecular complexity index is 2140. The van der Waals surface area contributed by atoms with E-state index in [2.05, 4.69) is 20.4 Å². The molecule has 0 amide bonds. The van der Waals surface area contributed by atoms with E-state index < -0.39 is 22.5 Å². The molecule has 0 radical (unpaired) electrons. The molecule has 3 aromatic heterocycles. The highest BCUT2D eigenvalue weighted by molar-refractivity contribution is 5.88. The van der Waals surface area contributed by atoms with Crippen molar-refractivity contribution in [2.75, 3.05) is 69.2 Å². The first-order chi connectivity index (χ1) is 22.8. The number of benzene rings is 2. The van der Waals surface area contributed by atoms with Gasteiger partial charge in [-0.2, -0.15) is 0 Å². The van der Waals surface area contributed by atoms with Crippen molar-refractivity contribution >= 4 is 33.2 Å². The minimum Gasteiger partial charge on any atom is -0.416 e. The molecule has 13 heteroatoms. The van der Waals surface area contributed by atoms with E-state index in [9.17, 15) is 9.59 Å². The Morgan fingerprint density at radius 1 is 0.787 bits per heavy atom. The Balaban J connectivity index is 1.20. The molecule has 3 fully saturated rings. The van der Waals surface area contributed by atoms with Crippen LogP contribution in [0.25, 0.3) is 44.7 Å². The average molecular weight is 643 g/mol. The molecular weight excluding hydrogens is 606 g/mol. The number of piperazine rings is 2. The van der Waals surface area contributed by atoms with Crippen LogP contribution in [0.1, 0.15) is 25.8 Å². The summed E-state index contributed by atoms with van der Waals surface area (Å²) < 4.78 is 40.9. The summed E-state index contributed by atoms with van der Waals surface area (Å²) in [7, 11) is 2.05. The van der Waals surface area contributed by atoms with Crippen LogP contribution in [0.3, 0.4) is 0 Å². The molecule has 3 aliphatic rings. The van der Waals surface area contributed by atoms with Crippen LogP contribution in [-0.2, 0) is 6.54 Å². The second-order valence-corrected chi connectivity index (χ2v) is 12.7. The first-order valence-corrected chi connectivity index (χ1v) is 16.3. The van der Waals surface area contributed by atoms with Gasteiger partial charge in [0.05, 0.1) is 22.4 Å². The summed E-state index contributed by atoms with van der Waals surface area (Å²) in [5.41, 5.74) is 1.60. The van der Waals surface area contributed by atoms with Gasteiger partial charge in [0.25, 0.3) is 11.8 Å². The fourth-order valence-corrected chi connectivity index (χ4v) is 6.86. The Hall–Kier alpha value is -4.62. The van der Waals surface area contributed by atoms with Crippen LogP contribution in [0, 0.1) is 11.6 Å². The summed E-state index contributed by atoms with van der Waals surface area (Å²) in [6.45, 7) is 8.36. The lowest BCUT2D eigenvalue weighted by molar-refractivity contribution is 0.312. The minimum absolute atomic E-state index is 0.0624. The highest BCUT2D eigenvalue weighted by Gasteiger charge is 2.29. The maximum absolute atomic E-state index is 15.6. The Morgan fingerprint density at radius 2 is 1.34 bits per heavy atom. The number of likely N-dealkylation sites (N-methyl/N-ethyl adjacent to an activating group) is 1. The molecule has 1 aliphatic carbocycles. The molecule has 244 valence electrons. The van der Waals surface area contributed by atoms with Crippen molar-refractivity contribution in [3.05, 3.63) is 68.7 Å². The number of fused-ring (bicyclic) bond motifs is 2. The molecule has 47 heavy (non-hydrogen) atoms. The van der Waals surface area contributed by atoms with Crippen LogP contribution in [0.2, 0.25) is 0 Å². The van der Waals surface area contributed by atoms with Gasteiger partial charge in [0, 0.05) is 88.1 Å². The molecule has 5 aromatic rings. The maximum atomic E-state index is 15.6. The van der Waals surface area contributed by atoms with Crippen LogP contribution in [0.15, 0.2) is 50.7 Å². The highest BCUT2D eigenvalue weighted by Crippen LogP contribution is 2.39. The van der Waals surface area contributed by atoms with Crippen molar-refractivity contribution in [2.45, 2.75) is 32.4 Å². The fraction of sp³-hybridized carbons (Fsp3) is 0.412. The predicted octanol–water partition coefficient (Wildman–Crippen LogP) is 3.83. The number of nitrogens with one attached hydrogen (secondary N) is 1. The lowest BCUT2D eigenvalue weighted by Crippen LogP contribution is -2.44. The van der Waals surface area contributed by atoms with E-state index in [4.69, 9.17) is 4.42 Å². The first kappa shape index (κ1) is 29.8. The van der Waals surface area contributed by atoms with E-state index in [1.165, 1.54) is 12.1 Å². The van der Waals surface area contributed by atoms with E-state index in [1.54, 1.807) is 24.5 Å². The largest absolute Gasteiger partial charge is 0.416 e. The summed E-state index contributed by atoms with van der Waals surface area (Å²) in [5, 5.41) is 12.0. The molecule has 0 bridgehead atoms. The van der Waals surface area contributed by atoms with Gasteiger partial charge in [-0.05, 0) is 51.1 Å². The first-order valence-electron chi connectivity index (χ1n) is 16.3. The third kappa shape index (κ3) is 5.17. The van der Waals surface area contributed by atoms with E-state index in [0.717, 1.165) is 39.0 Å². The molecule has 1 N–H and O–H groups in total. The van der Waals surface area contributed by atoms with Gasteiger partial charge >= 0.3 is 0 Å². The third-order valence-corrected chi connectivity index (χ3v) is 9.72. The summed E-state index contributed by atoms with van der Waals surface area (Å²) in [4.78, 5) is 33.8. The minimum atomic E-state index is -0.470. The molecule has 11 nitrogen and oxygen atoms in total. The second kappa shape index (κ2) is 11.6. The van der Waals surface area contributed by atoms with Gasteiger partial charge < -0.3 is 33.6 Å². The predicted molar refractivity (Wildman–Crippen MR) is 177 cm³/mol. The quantitative estimate of drug-likeness (QED) is 0.296. The number of halogens is 2. The van der Waals surface area contributed by atoms with E-state index >= 15 is 8.78 Å². The van der Waals surface area contributed by atoms with Crippen molar-refractivity contribution in [3.63, 3.8) is 0 Å². The maximum Gasteiger partial charge on any atom is 0.253 e. The molecule has 8 rings (SSSR count). The zero-order chi connectivity index (χ0) is 32.4. The number of rotatable bonds is 6. The van der Waals surface area contributed by atoms with Gasteiger partial charge in [0.1, 0.15) is 22.8 Å². The van der Waals surface area contributed by atoms with Crippen LogP contribution in [0.5, 0.6) is 0 Å². The van der Waals surface area contributed by atoms with E-state index in [0.29, 0.717) is 55.1 Å². The van der Waals surface area contributed by atoms with Crippen molar-refractivity contribution < 1.29 is 13.2 Å². The fourth-order valence-electron chi connectivity index (χ4n) is 6.86. The molecule has 2 saturated heterocycles. The lowest BCUT2D eigenvalue weighted by Gasteiger charge is -2.34. The van der Waals surface area contributed by atoms with Gasteiger partial charge in [-0.1, -0.05) is 0 Å². The second-order valence-electron chi connectivity index (χ2n) is 12.7. The molecular formula is C34H36F2N8O3. The number of hydrogen-bond donors (Lipinski definition) is 1. The molecule has 1 saturated carbocycles. The zero-order valence-corrected chi connectivity index (χ0v) is 26.4. The third-order valence-electron chi connectivity index (χ3n) is 9.72. The van der Waals surface area contributed by atoms with Gasteiger partial charge in [0.15, 0.2) is 0 Å². The molecule has 0 unspecified atom stereocenters. The van der Waals surface area contributed by atoms with Crippen molar-refractivity contribution in [3.8, 4) is 22.9 Å². The standard InChI is InChI=1S/C34H36F2N8O3/c1-3-41-18-23(31(45)21-14-25(35)29(16-27(21)41)42-8-6-37-7-9-42)33-38-39-34(47-33)24-19-44(20-4-5-20)28-17-30(26(36)15-22(28)32(24)46)43-12-10-40(2)11-13-43/h14-20,37H,3-13H2,1-2H3. The summed E-state index contributed by atoms with van der Waals surface area (Å²) in [5.74, 6) is -1.06. The molecule has 0 atom stereocenters. The number of pyridine rings is 2. The molecule has 2 aromatic carbocycles. The molecule has 2 aliphatic heterocycles. The molecule has 0 spiro atoms. The normalized spacial score (nSPS) is 17.7. The number of hydrogen-bond acceptors (Lipinski definition) is 9. The average Bonchev–Trinajstić information content (AvgIpc) is 3.82. The lowest BCUT2D eigenvalue weighted by atomic mass is 10.1. The van der Waals surface area contributed by atoms with Crippen molar-refractivity contribution in [1.82, 2.24) is 29.5 Å². The summed E-state index contributed by atoms with van der Waals surface area (Å²) in [6, 6.07) is 6.28. The van der Waals surface area contributed by atoms with Crippen LogP contribution >= 0.6 is 0 Å². The van der Waals surface area contributed by atoms with Gasteiger partial charge in [-0.3, -0.25) is 9.59 Å². The highest BCUT2D eigenvalue weighted by atomic mass is 19.1. The Labute approximate surface area is 269 Å².